The van der Waals surface area contributed by atoms with Crippen molar-refractivity contribution in [1.82, 2.24) is 10.2 Å². The first kappa shape index (κ1) is 21.8. The number of benzene rings is 3. The maximum atomic E-state index is 13.3. The van der Waals surface area contributed by atoms with E-state index in [0.29, 0.717) is 36.7 Å². The van der Waals surface area contributed by atoms with Gasteiger partial charge in [0.2, 0.25) is 6.79 Å². The van der Waals surface area contributed by atoms with Crippen LogP contribution in [0.15, 0.2) is 66.7 Å². The lowest BCUT2D eigenvalue weighted by atomic mass is 10.1. The molecule has 0 aromatic heterocycles. The highest BCUT2D eigenvalue weighted by atomic mass is 16.7. The Morgan fingerprint density at radius 2 is 1.82 bits per heavy atom. The molecule has 0 spiro atoms. The lowest BCUT2D eigenvalue weighted by Gasteiger charge is -2.36. The molecular weight excluding hydrogens is 430 g/mol. The molecular formula is C27H27N3O4. The van der Waals surface area contributed by atoms with E-state index < -0.39 is 0 Å². The number of urea groups is 1. The van der Waals surface area contributed by atoms with Crippen LogP contribution in [0.25, 0.3) is 0 Å². The number of hydrogen-bond acceptors (Lipinski definition) is 4. The minimum atomic E-state index is -0.194. The Labute approximate surface area is 198 Å². The Bertz CT molecular complexity index is 1230. The number of amides is 3. The molecule has 1 N–H and O–H groups in total. The van der Waals surface area contributed by atoms with Crippen molar-refractivity contribution >= 4 is 17.6 Å². The van der Waals surface area contributed by atoms with Gasteiger partial charge in [0.05, 0.1) is 0 Å². The average Bonchev–Trinajstić information content (AvgIpc) is 3.33. The molecule has 2 heterocycles. The Morgan fingerprint density at radius 1 is 0.971 bits per heavy atom. The quantitative estimate of drug-likeness (QED) is 0.592. The molecule has 3 aromatic rings. The fourth-order valence-electron chi connectivity index (χ4n) is 4.31. The highest BCUT2D eigenvalue weighted by molar-refractivity contribution is 5.98. The first-order valence-electron chi connectivity index (χ1n) is 11.5. The summed E-state index contributed by atoms with van der Waals surface area (Å²) in [6, 6.07) is 21.0. The van der Waals surface area contributed by atoms with Crippen molar-refractivity contribution in [3.05, 3.63) is 89.0 Å². The summed E-state index contributed by atoms with van der Waals surface area (Å²) in [5.74, 6) is 1.21. The standard InChI is InChI=1S/C27H27N3O4/c1-19-6-2-3-7-22(19)17-29-12-5-13-30(27(29)32)23-9-4-8-21(15-23)26(31)28-16-20-10-11-24-25(14-20)34-18-33-24/h2-4,6-11,14-15H,5,12-13,16-18H2,1H3,(H,28,31). The van der Waals surface area contributed by atoms with Crippen LogP contribution in [0.2, 0.25) is 0 Å². The van der Waals surface area contributed by atoms with Gasteiger partial charge in [0.1, 0.15) is 0 Å². The zero-order valence-electron chi connectivity index (χ0n) is 19.1. The molecule has 7 heteroatoms. The molecule has 174 valence electrons. The molecule has 0 radical (unpaired) electrons. The third-order valence-electron chi connectivity index (χ3n) is 6.24. The SMILES string of the molecule is Cc1ccccc1CN1CCCN(c2cccc(C(=O)NCc3ccc4c(c3)OCO4)c2)C1=O. The number of anilines is 1. The summed E-state index contributed by atoms with van der Waals surface area (Å²) < 4.78 is 10.7. The molecule has 0 saturated carbocycles. The van der Waals surface area contributed by atoms with Crippen molar-refractivity contribution in [2.45, 2.75) is 26.4 Å². The second-order valence-electron chi connectivity index (χ2n) is 8.56. The molecule has 34 heavy (non-hydrogen) atoms. The zero-order chi connectivity index (χ0) is 23.5. The van der Waals surface area contributed by atoms with E-state index in [1.165, 1.54) is 5.56 Å². The van der Waals surface area contributed by atoms with Crippen LogP contribution in [0.4, 0.5) is 10.5 Å². The van der Waals surface area contributed by atoms with Gasteiger partial charge in [-0.2, -0.15) is 0 Å². The number of fused-ring (bicyclic) bond motifs is 1. The Hall–Kier alpha value is -4.00. The number of carbonyl (C=O) groups excluding carboxylic acids is 2. The number of ether oxygens (including phenoxy) is 2. The van der Waals surface area contributed by atoms with Crippen LogP contribution >= 0.6 is 0 Å². The maximum Gasteiger partial charge on any atom is 0.324 e. The third kappa shape index (κ3) is 4.55. The fourth-order valence-corrected chi connectivity index (χ4v) is 4.31. The third-order valence-corrected chi connectivity index (χ3v) is 6.24. The van der Waals surface area contributed by atoms with Gasteiger partial charge in [-0.05, 0) is 60.4 Å². The number of nitrogens with one attached hydrogen (secondary N) is 1. The van der Waals surface area contributed by atoms with Gasteiger partial charge in [-0.15, -0.1) is 0 Å². The van der Waals surface area contributed by atoms with Crippen LogP contribution in [0.5, 0.6) is 11.5 Å². The van der Waals surface area contributed by atoms with Gasteiger partial charge in [0.25, 0.3) is 5.91 Å². The Kier molecular flexibility index (Phi) is 6.08. The van der Waals surface area contributed by atoms with E-state index in [0.717, 1.165) is 29.8 Å². The summed E-state index contributed by atoms with van der Waals surface area (Å²) in [6.45, 7) is 4.58. The normalized spacial score (nSPS) is 14.9. The number of hydrogen-bond donors (Lipinski definition) is 1. The largest absolute Gasteiger partial charge is 0.454 e. The van der Waals surface area contributed by atoms with Crippen molar-refractivity contribution < 1.29 is 19.1 Å². The number of rotatable bonds is 6. The second-order valence-corrected chi connectivity index (χ2v) is 8.56. The zero-order valence-corrected chi connectivity index (χ0v) is 19.1. The number of carbonyl (C=O) groups is 2. The highest BCUT2D eigenvalue weighted by Crippen LogP contribution is 2.32. The van der Waals surface area contributed by atoms with Crippen LogP contribution in [-0.2, 0) is 13.1 Å². The Balaban J connectivity index is 1.26. The van der Waals surface area contributed by atoms with Gasteiger partial charge in [-0.25, -0.2) is 4.79 Å². The molecule has 0 atom stereocenters. The molecule has 2 aliphatic heterocycles. The minimum absolute atomic E-state index is 0.0348. The minimum Gasteiger partial charge on any atom is -0.454 e. The average molecular weight is 458 g/mol. The summed E-state index contributed by atoms with van der Waals surface area (Å²) in [5.41, 5.74) is 4.49. The van der Waals surface area contributed by atoms with Crippen molar-refractivity contribution in [3.8, 4) is 11.5 Å². The van der Waals surface area contributed by atoms with E-state index in [9.17, 15) is 9.59 Å². The van der Waals surface area contributed by atoms with E-state index >= 15 is 0 Å². The topological polar surface area (TPSA) is 71.1 Å². The predicted molar refractivity (Wildman–Crippen MR) is 129 cm³/mol. The number of aryl methyl sites for hydroxylation is 1. The summed E-state index contributed by atoms with van der Waals surface area (Å²) in [7, 11) is 0. The van der Waals surface area contributed by atoms with E-state index in [4.69, 9.17) is 9.47 Å². The molecule has 0 unspecified atom stereocenters. The summed E-state index contributed by atoms with van der Waals surface area (Å²) >= 11 is 0. The summed E-state index contributed by atoms with van der Waals surface area (Å²) in [4.78, 5) is 29.7. The van der Waals surface area contributed by atoms with Crippen molar-refractivity contribution in [3.63, 3.8) is 0 Å². The molecule has 3 aromatic carbocycles. The van der Waals surface area contributed by atoms with Gasteiger partial charge in [-0.3, -0.25) is 9.69 Å². The number of nitrogens with zero attached hydrogens (tertiary/aromatic N) is 2. The van der Waals surface area contributed by atoms with Crippen LogP contribution in [0.3, 0.4) is 0 Å². The van der Waals surface area contributed by atoms with Crippen LogP contribution in [0.1, 0.15) is 33.5 Å². The Morgan fingerprint density at radius 3 is 2.71 bits per heavy atom. The maximum absolute atomic E-state index is 13.3. The molecule has 3 amide bonds. The molecule has 2 aliphatic rings. The van der Waals surface area contributed by atoms with Crippen LogP contribution in [0, 0.1) is 6.92 Å². The first-order valence-corrected chi connectivity index (χ1v) is 11.5. The van der Waals surface area contributed by atoms with Crippen LogP contribution < -0.4 is 19.7 Å². The van der Waals surface area contributed by atoms with Crippen molar-refractivity contribution in [2.75, 3.05) is 24.8 Å². The second kappa shape index (κ2) is 9.47. The van der Waals surface area contributed by atoms with Gasteiger partial charge in [0.15, 0.2) is 11.5 Å². The molecule has 0 bridgehead atoms. The molecule has 1 fully saturated rings. The summed E-state index contributed by atoms with van der Waals surface area (Å²) in [6.07, 6.45) is 0.873. The molecule has 5 rings (SSSR count). The molecule has 0 aliphatic carbocycles. The lowest BCUT2D eigenvalue weighted by Crippen LogP contribution is -2.49. The smallest absolute Gasteiger partial charge is 0.324 e. The van der Waals surface area contributed by atoms with E-state index in [1.54, 1.807) is 17.0 Å². The van der Waals surface area contributed by atoms with E-state index in [-0.39, 0.29) is 18.7 Å². The van der Waals surface area contributed by atoms with Gasteiger partial charge >= 0.3 is 6.03 Å². The van der Waals surface area contributed by atoms with E-state index in [2.05, 4.69) is 24.4 Å². The summed E-state index contributed by atoms with van der Waals surface area (Å²) in [5, 5.41) is 2.95. The predicted octanol–water partition coefficient (Wildman–Crippen LogP) is 4.49. The van der Waals surface area contributed by atoms with Gasteiger partial charge in [0, 0.05) is 37.4 Å². The molecule has 7 nitrogen and oxygen atoms in total. The lowest BCUT2D eigenvalue weighted by molar-refractivity contribution is 0.0950. The van der Waals surface area contributed by atoms with Crippen molar-refractivity contribution in [1.29, 1.82) is 0 Å². The van der Waals surface area contributed by atoms with E-state index in [1.807, 2.05) is 47.4 Å². The van der Waals surface area contributed by atoms with Crippen molar-refractivity contribution in [2.24, 2.45) is 0 Å². The molecule has 1 saturated heterocycles. The highest BCUT2D eigenvalue weighted by Gasteiger charge is 2.27. The fraction of sp³-hybridized carbons (Fsp3) is 0.259. The van der Waals surface area contributed by atoms with Gasteiger partial charge < -0.3 is 19.7 Å². The van der Waals surface area contributed by atoms with Gasteiger partial charge in [-0.1, -0.05) is 36.4 Å². The monoisotopic (exact) mass is 457 g/mol. The first-order chi connectivity index (χ1) is 16.6. The van der Waals surface area contributed by atoms with Crippen LogP contribution in [-0.4, -0.2) is 36.7 Å².